The highest BCUT2D eigenvalue weighted by atomic mass is 32.1. The Hall–Kier alpha value is -3.58. The molecule has 0 unspecified atom stereocenters. The number of rotatable bonds is 7. The first kappa shape index (κ1) is 20.7. The van der Waals surface area contributed by atoms with Gasteiger partial charge in [-0.15, -0.1) is 0 Å². The lowest BCUT2D eigenvalue weighted by Crippen LogP contribution is -2.30. The van der Waals surface area contributed by atoms with Gasteiger partial charge >= 0.3 is 0 Å². The monoisotopic (exact) mass is 434 g/mol. The fourth-order valence-electron chi connectivity index (χ4n) is 3.21. The number of thiazole rings is 1. The number of carbonyl (C=O) groups excluding carboxylic acids is 1. The van der Waals surface area contributed by atoms with Crippen LogP contribution in [-0.2, 0) is 6.54 Å². The van der Waals surface area contributed by atoms with Crippen molar-refractivity contribution in [1.29, 1.82) is 0 Å². The Bertz CT molecular complexity index is 1180. The Morgan fingerprint density at radius 1 is 0.871 bits per heavy atom. The average molecular weight is 435 g/mol. The van der Waals surface area contributed by atoms with E-state index < -0.39 is 0 Å². The highest BCUT2D eigenvalue weighted by molar-refractivity contribution is 7.22. The molecule has 0 aliphatic rings. The van der Waals surface area contributed by atoms with Crippen molar-refractivity contribution in [2.75, 3.05) is 26.2 Å². The standard InChI is InChI=1S/C24H22N2O4S/c1-28-18-9-10-21-22(14-18)31-24(25-21)26(15-16-7-5-4-6-8-16)23(27)17-11-19(29-2)13-20(12-17)30-3/h4-14H,15H2,1-3H3. The van der Waals surface area contributed by atoms with Gasteiger partial charge in [-0.25, -0.2) is 4.98 Å². The molecule has 0 bridgehead atoms. The molecule has 7 heteroatoms. The lowest BCUT2D eigenvalue weighted by molar-refractivity contribution is 0.0984. The summed E-state index contributed by atoms with van der Waals surface area (Å²) in [6.07, 6.45) is 0. The molecule has 3 aromatic carbocycles. The summed E-state index contributed by atoms with van der Waals surface area (Å²) in [5.41, 5.74) is 2.28. The van der Waals surface area contributed by atoms with Crippen LogP contribution in [0.25, 0.3) is 10.2 Å². The van der Waals surface area contributed by atoms with Crippen molar-refractivity contribution in [3.05, 3.63) is 77.9 Å². The highest BCUT2D eigenvalue weighted by Crippen LogP contribution is 2.34. The Balaban J connectivity index is 1.78. The maximum absolute atomic E-state index is 13.6. The molecular weight excluding hydrogens is 412 g/mol. The SMILES string of the molecule is COc1cc(OC)cc(C(=O)N(Cc2ccccc2)c2nc3ccc(OC)cc3s2)c1. The predicted octanol–water partition coefficient (Wildman–Crippen LogP) is 5.17. The quantitative estimate of drug-likeness (QED) is 0.402. The van der Waals surface area contributed by atoms with Crippen LogP contribution in [-0.4, -0.2) is 32.2 Å². The molecule has 158 valence electrons. The number of aromatic nitrogens is 1. The normalized spacial score (nSPS) is 10.7. The zero-order valence-corrected chi connectivity index (χ0v) is 18.3. The number of ether oxygens (including phenoxy) is 3. The smallest absolute Gasteiger partial charge is 0.260 e. The Kier molecular flexibility index (Phi) is 6.04. The Labute approximate surface area is 184 Å². The summed E-state index contributed by atoms with van der Waals surface area (Å²) in [7, 11) is 4.75. The van der Waals surface area contributed by atoms with E-state index in [9.17, 15) is 4.79 Å². The molecule has 4 aromatic rings. The average Bonchev–Trinajstić information content (AvgIpc) is 3.25. The lowest BCUT2D eigenvalue weighted by atomic mass is 10.1. The third-order valence-corrected chi connectivity index (χ3v) is 5.88. The minimum absolute atomic E-state index is 0.188. The van der Waals surface area contributed by atoms with Crippen LogP contribution >= 0.6 is 11.3 Å². The second-order valence-corrected chi connectivity index (χ2v) is 7.82. The van der Waals surface area contributed by atoms with Gasteiger partial charge in [-0.3, -0.25) is 9.69 Å². The van der Waals surface area contributed by atoms with E-state index in [0.29, 0.717) is 28.7 Å². The van der Waals surface area contributed by atoms with Crippen LogP contribution in [0.2, 0.25) is 0 Å². The predicted molar refractivity (Wildman–Crippen MR) is 123 cm³/mol. The summed E-state index contributed by atoms with van der Waals surface area (Å²) >= 11 is 1.45. The van der Waals surface area contributed by atoms with Gasteiger partial charge in [-0.1, -0.05) is 41.7 Å². The third-order valence-electron chi connectivity index (χ3n) is 4.84. The number of methoxy groups -OCH3 is 3. The third kappa shape index (κ3) is 4.46. The molecule has 4 rings (SSSR count). The molecule has 31 heavy (non-hydrogen) atoms. The maximum atomic E-state index is 13.6. The van der Waals surface area contributed by atoms with E-state index in [2.05, 4.69) is 0 Å². The summed E-state index contributed by atoms with van der Waals surface area (Å²) in [6, 6.07) is 20.7. The second kappa shape index (κ2) is 9.06. The Morgan fingerprint density at radius 3 is 2.19 bits per heavy atom. The van der Waals surface area contributed by atoms with Gasteiger partial charge in [0.05, 0.1) is 38.1 Å². The van der Waals surface area contributed by atoms with Crippen molar-refractivity contribution < 1.29 is 19.0 Å². The molecule has 0 radical (unpaired) electrons. The number of hydrogen-bond acceptors (Lipinski definition) is 6. The van der Waals surface area contributed by atoms with Crippen LogP contribution in [0.1, 0.15) is 15.9 Å². The molecule has 0 saturated heterocycles. The molecule has 1 heterocycles. The minimum atomic E-state index is -0.188. The molecular formula is C24H22N2O4S. The number of nitrogens with zero attached hydrogens (tertiary/aromatic N) is 2. The largest absolute Gasteiger partial charge is 0.497 e. The summed E-state index contributed by atoms with van der Waals surface area (Å²) in [6.45, 7) is 0.385. The number of amides is 1. The molecule has 0 aliphatic heterocycles. The topological polar surface area (TPSA) is 60.9 Å². The van der Waals surface area contributed by atoms with E-state index in [0.717, 1.165) is 21.5 Å². The number of carbonyl (C=O) groups is 1. The summed E-state index contributed by atoms with van der Waals surface area (Å²) in [5.74, 6) is 1.67. The lowest BCUT2D eigenvalue weighted by Gasteiger charge is -2.21. The van der Waals surface area contributed by atoms with Gasteiger partial charge in [0.25, 0.3) is 5.91 Å². The van der Waals surface area contributed by atoms with E-state index in [1.807, 2.05) is 48.5 Å². The molecule has 1 aromatic heterocycles. The van der Waals surface area contributed by atoms with Crippen LogP contribution in [0, 0.1) is 0 Å². The first-order chi connectivity index (χ1) is 15.1. The molecule has 0 atom stereocenters. The van der Waals surface area contributed by atoms with E-state index in [4.69, 9.17) is 19.2 Å². The minimum Gasteiger partial charge on any atom is -0.497 e. The first-order valence-electron chi connectivity index (χ1n) is 9.64. The van der Waals surface area contributed by atoms with Gasteiger partial charge in [0.2, 0.25) is 0 Å². The van der Waals surface area contributed by atoms with Crippen LogP contribution in [0.3, 0.4) is 0 Å². The zero-order valence-electron chi connectivity index (χ0n) is 17.5. The fraction of sp³-hybridized carbons (Fsp3) is 0.167. The van der Waals surface area contributed by atoms with Crippen LogP contribution in [0.5, 0.6) is 17.2 Å². The van der Waals surface area contributed by atoms with Crippen LogP contribution < -0.4 is 19.1 Å². The summed E-state index contributed by atoms with van der Waals surface area (Å²) in [5, 5.41) is 0.610. The van der Waals surface area contributed by atoms with E-state index >= 15 is 0 Å². The van der Waals surface area contributed by atoms with Gasteiger partial charge in [-0.05, 0) is 35.9 Å². The molecule has 0 saturated carbocycles. The second-order valence-electron chi connectivity index (χ2n) is 6.81. The molecule has 1 amide bonds. The molecule has 0 fully saturated rings. The summed E-state index contributed by atoms with van der Waals surface area (Å²) in [4.78, 5) is 20.0. The Morgan fingerprint density at radius 2 is 1.55 bits per heavy atom. The van der Waals surface area contributed by atoms with Crippen molar-refractivity contribution in [3.8, 4) is 17.2 Å². The number of hydrogen-bond donors (Lipinski definition) is 0. The van der Waals surface area contributed by atoms with Crippen LogP contribution in [0.15, 0.2) is 66.7 Å². The maximum Gasteiger partial charge on any atom is 0.260 e. The van der Waals surface area contributed by atoms with Gasteiger partial charge < -0.3 is 14.2 Å². The zero-order chi connectivity index (χ0) is 21.8. The number of anilines is 1. The van der Waals surface area contributed by atoms with E-state index in [-0.39, 0.29) is 5.91 Å². The molecule has 0 aliphatic carbocycles. The first-order valence-corrected chi connectivity index (χ1v) is 10.5. The molecule has 0 spiro atoms. The number of fused-ring (bicyclic) bond motifs is 1. The van der Waals surface area contributed by atoms with Gasteiger partial charge in [0.15, 0.2) is 5.13 Å². The number of benzene rings is 3. The highest BCUT2D eigenvalue weighted by Gasteiger charge is 2.23. The van der Waals surface area contributed by atoms with Gasteiger partial charge in [0.1, 0.15) is 17.2 Å². The van der Waals surface area contributed by atoms with Crippen molar-refractivity contribution in [3.63, 3.8) is 0 Å². The van der Waals surface area contributed by atoms with Gasteiger partial charge in [0, 0.05) is 11.6 Å². The van der Waals surface area contributed by atoms with Crippen molar-refractivity contribution in [2.24, 2.45) is 0 Å². The van der Waals surface area contributed by atoms with Crippen molar-refractivity contribution >= 4 is 32.6 Å². The molecule has 0 N–H and O–H groups in total. The van der Waals surface area contributed by atoms with Crippen molar-refractivity contribution in [2.45, 2.75) is 6.54 Å². The molecule has 6 nitrogen and oxygen atoms in total. The fourth-order valence-corrected chi connectivity index (χ4v) is 4.21. The summed E-state index contributed by atoms with van der Waals surface area (Å²) < 4.78 is 17.0. The van der Waals surface area contributed by atoms with Gasteiger partial charge in [-0.2, -0.15) is 0 Å². The van der Waals surface area contributed by atoms with Crippen molar-refractivity contribution in [1.82, 2.24) is 4.98 Å². The van der Waals surface area contributed by atoms with Crippen LogP contribution in [0.4, 0.5) is 5.13 Å². The van der Waals surface area contributed by atoms with E-state index in [1.165, 1.54) is 11.3 Å². The van der Waals surface area contributed by atoms with E-state index in [1.54, 1.807) is 44.4 Å².